The summed E-state index contributed by atoms with van der Waals surface area (Å²) in [6.45, 7) is 6.30. The molecule has 0 atom stereocenters. The highest BCUT2D eigenvalue weighted by Gasteiger charge is 2.15. The van der Waals surface area contributed by atoms with Gasteiger partial charge >= 0.3 is 5.97 Å². The molecule has 0 aliphatic carbocycles. The first kappa shape index (κ1) is 20.6. The number of benzene rings is 2. The van der Waals surface area contributed by atoms with Crippen LogP contribution in [0.2, 0.25) is 0 Å². The van der Waals surface area contributed by atoms with Crippen LogP contribution in [0, 0.1) is 6.92 Å². The maximum Gasteiger partial charge on any atom is 0.326 e. The van der Waals surface area contributed by atoms with E-state index in [1.165, 1.54) is 0 Å². The topological polar surface area (TPSA) is 73.2 Å². The molecule has 0 saturated heterocycles. The van der Waals surface area contributed by atoms with Gasteiger partial charge in [-0.2, -0.15) is 0 Å². The van der Waals surface area contributed by atoms with Crippen molar-refractivity contribution in [3.05, 3.63) is 65.5 Å². The molecule has 0 aliphatic rings. The van der Waals surface area contributed by atoms with Gasteiger partial charge in [-0.3, -0.25) is 9.59 Å². The summed E-state index contributed by atoms with van der Waals surface area (Å²) in [4.78, 5) is 29.1. The average Bonchev–Trinajstić information content (AvgIpc) is 3.02. The van der Waals surface area contributed by atoms with E-state index in [4.69, 9.17) is 4.74 Å². The number of aromatic nitrogens is 2. The molecule has 0 unspecified atom stereocenters. The molecule has 6 heteroatoms. The maximum absolute atomic E-state index is 12.3. The summed E-state index contributed by atoms with van der Waals surface area (Å²) < 4.78 is 7.20. The molecular formula is C23H27N3O3. The fraction of sp³-hybridized carbons (Fsp3) is 0.348. The third-order valence-electron chi connectivity index (χ3n) is 4.53. The Hall–Kier alpha value is -3.15. The Bertz CT molecular complexity index is 1010. The van der Waals surface area contributed by atoms with Crippen molar-refractivity contribution in [1.29, 1.82) is 0 Å². The summed E-state index contributed by atoms with van der Waals surface area (Å²) in [5, 5.41) is 2.95. The maximum atomic E-state index is 12.3. The zero-order valence-corrected chi connectivity index (χ0v) is 17.1. The number of carbonyl (C=O) groups excluding carboxylic acids is 2. The van der Waals surface area contributed by atoms with E-state index in [0.29, 0.717) is 18.5 Å². The van der Waals surface area contributed by atoms with Crippen molar-refractivity contribution in [1.82, 2.24) is 14.9 Å². The van der Waals surface area contributed by atoms with Crippen molar-refractivity contribution in [3.8, 4) is 0 Å². The Labute approximate surface area is 170 Å². The standard InChI is InChI=1S/C23H27N3O3/c1-16(2)29-22(27)15-26-20-11-5-4-10-19(20)25-21(26)12-7-13-24-23(28)18-9-6-8-17(3)14-18/h4-6,8-11,14,16H,7,12-13,15H2,1-3H3,(H,24,28). The van der Waals surface area contributed by atoms with Crippen molar-refractivity contribution >= 4 is 22.9 Å². The SMILES string of the molecule is Cc1cccc(C(=O)NCCCc2nc3ccccc3n2CC(=O)OC(C)C)c1. The summed E-state index contributed by atoms with van der Waals surface area (Å²) in [5.41, 5.74) is 3.48. The van der Waals surface area contributed by atoms with Gasteiger partial charge in [0.05, 0.1) is 17.1 Å². The molecule has 1 amide bonds. The minimum atomic E-state index is -0.280. The van der Waals surface area contributed by atoms with Crippen molar-refractivity contribution in [3.63, 3.8) is 0 Å². The van der Waals surface area contributed by atoms with Crippen LogP contribution < -0.4 is 5.32 Å². The molecule has 0 fully saturated rings. The molecule has 152 valence electrons. The third-order valence-corrected chi connectivity index (χ3v) is 4.53. The summed E-state index contributed by atoms with van der Waals surface area (Å²) in [5.74, 6) is 0.455. The molecule has 0 saturated carbocycles. The number of fused-ring (bicyclic) bond motifs is 1. The highest BCUT2D eigenvalue weighted by Crippen LogP contribution is 2.17. The van der Waals surface area contributed by atoms with Crippen molar-refractivity contribution in [2.75, 3.05) is 6.54 Å². The molecule has 1 aromatic heterocycles. The first-order valence-corrected chi connectivity index (χ1v) is 9.92. The Morgan fingerprint density at radius 2 is 1.93 bits per heavy atom. The van der Waals surface area contributed by atoms with E-state index in [1.54, 1.807) is 0 Å². The number of amides is 1. The van der Waals surface area contributed by atoms with Gasteiger partial charge < -0.3 is 14.6 Å². The van der Waals surface area contributed by atoms with E-state index in [-0.39, 0.29) is 24.5 Å². The van der Waals surface area contributed by atoms with Crippen LogP contribution in [0.15, 0.2) is 48.5 Å². The largest absolute Gasteiger partial charge is 0.462 e. The van der Waals surface area contributed by atoms with Gasteiger partial charge in [0.1, 0.15) is 12.4 Å². The average molecular weight is 393 g/mol. The Kier molecular flexibility index (Phi) is 6.65. The van der Waals surface area contributed by atoms with Gasteiger partial charge in [0.15, 0.2) is 0 Å². The van der Waals surface area contributed by atoms with Crippen molar-refractivity contribution < 1.29 is 14.3 Å². The second kappa shape index (κ2) is 9.37. The molecule has 3 aromatic rings. The minimum Gasteiger partial charge on any atom is -0.462 e. The number of esters is 1. The van der Waals surface area contributed by atoms with Gasteiger partial charge in [-0.15, -0.1) is 0 Å². The van der Waals surface area contributed by atoms with E-state index in [2.05, 4.69) is 10.3 Å². The molecule has 0 radical (unpaired) electrons. The number of nitrogens with one attached hydrogen (secondary N) is 1. The van der Waals surface area contributed by atoms with Crippen LogP contribution in [0.25, 0.3) is 11.0 Å². The number of ether oxygens (including phenoxy) is 1. The number of nitrogens with zero attached hydrogens (tertiary/aromatic N) is 2. The number of para-hydroxylation sites is 2. The number of carbonyl (C=O) groups is 2. The van der Waals surface area contributed by atoms with E-state index >= 15 is 0 Å². The van der Waals surface area contributed by atoms with Crippen LogP contribution >= 0.6 is 0 Å². The highest BCUT2D eigenvalue weighted by atomic mass is 16.5. The molecule has 6 nitrogen and oxygen atoms in total. The number of hydrogen-bond donors (Lipinski definition) is 1. The van der Waals surface area contributed by atoms with E-state index in [0.717, 1.165) is 28.8 Å². The van der Waals surface area contributed by atoms with E-state index in [9.17, 15) is 9.59 Å². The second-order valence-electron chi connectivity index (χ2n) is 7.37. The molecule has 0 aliphatic heterocycles. The van der Waals surface area contributed by atoms with Crippen LogP contribution in [0.4, 0.5) is 0 Å². The number of imidazole rings is 1. The number of aryl methyl sites for hydroxylation is 2. The molecule has 29 heavy (non-hydrogen) atoms. The van der Waals surface area contributed by atoms with Gasteiger partial charge in [0.2, 0.25) is 0 Å². The lowest BCUT2D eigenvalue weighted by atomic mass is 10.1. The summed E-state index contributed by atoms with van der Waals surface area (Å²) in [6, 6.07) is 15.3. The van der Waals surface area contributed by atoms with Crippen LogP contribution in [-0.4, -0.2) is 34.1 Å². The summed E-state index contributed by atoms with van der Waals surface area (Å²) in [6.07, 6.45) is 1.22. The lowest BCUT2D eigenvalue weighted by Crippen LogP contribution is -2.25. The Balaban J connectivity index is 1.64. The van der Waals surface area contributed by atoms with Gasteiger partial charge in [-0.05, 0) is 51.5 Å². The zero-order chi connectivity index (χ0) is 20.8. The molecule has 0 bridgehead atoms. The lowest BCUT2D eigenvalue weighted by molar-refractivity contribution is -0.148. The lowest BCUT2D eigenvalue weighted by Gasteiger charge is -2.11. The predicted molar refractivity (Wildman–Crippen MR) is 113 cm³/mol. The molecule has 0 spiro atoms. The fourth-order valence-electron chi connectivity index (χ4n) is 3.26. The molecular weight excluding hydrogens is 366 g/mol. The Morgan fingerprint density at radius 3 is 2.69 bits per heavy atom. The molecule has 1 N–H and O–H groups in total. The van der Waals surface area contributed by atoms with Crippen LogP contribution in [0.5, 0.6) is 0 Å². The van der Waals surface area contributed by atoms with Crippen molar-refractivity contribution in [2.24, 2.45) is 0 Å². The van der Waals surface area contributed by atoms with Gasteiger partial charge in [0, 0.05) is 18.5 Å². The molecule has 1 heterocycles. The smallest absolute Gasteiger partial charge is 0.326 e. The molecule has 3 rings (SSSR count). The summed E-state index contributed by atoms with van der Waals surface area (Å²) >= 11 is 0. The first-order valence-electron chi connectivity index (χ1n) is 9.92. The van der Waals surface area contributed by atoms with Gasteiger partial charge in [-0.1, -0.05) is 29.8 Å². The zero-order valence-electron chi connectivity index (χ0n) is 17.1. The fourth-order valence-corrected chi connectivity index (χ4v) is 3.26. The van der Waals surface area contributed by atoms with Crippen molar-refractivity contribution in [2.45, 2.75) is 46.3 Å². The normalized spacial score (nSPS) is 11.0. The second-order valence-corrected chi connectivity index (χ2v) is 7.37. The number of hydrogen-bond acceptors (Lipinski definition) is 4. The summed E-state index contributed by atoms with van der Waals surface area (Å²) in [7, 11) is 0. The van der Waals surface area contributed by atoms with Gasteiger partial charge in [0.25, 0.3) is 5.91 Å². The third kappa shape index (κ3) is 5.44. The van der Waals surface area contributed by atoms with Gasteiger partial charge in [-0.25, -0.2) is 4.98 Å². The van der Waals surface area contributed by atoms with Crippen LogP contribution in [-0.2, 0) is 22.5 Å². The molecule has 2 aromatic carbocycles. The minimum absolute atomic E-state index is 0.0808. The quantitative estimate of drug-likeness (QED) is 0.468. The first-order chi connectivity index (χ1) is 13.9. The number of rotatable bonds is 8. The predicted octanol–water partition coefficient (Wildman–Crippen LogP) is 3.66. The highest BCUT2D eigenvalue weighted by molar-refractivity contribution is 5.94. The van der Waals surface area contributed by atoms with E-state index < -0.39 is 0 Å². The van der Waals surface area contributed by atoms with E-state index in [1.807, 2.05) is 73.9 Å². The Morgan fingerprint density at radius 1 is 1.14 bits per heavy atom. The van der Waals surface area contributed by atoms with Crippen LogP contribution in [0.3, 0.4) is 0 Å². The monoisotopic (exact) mass is 393 g/mol. The van der Waals surface area contributed by atoms with Crippen LogP contribution in [0.1, 0.15) is 42.0 Å².